The maximum atomic E-state index is 9.23. The Labute approximate surface area is 85.9 Å². The van der Waals surface area contributed by atoms with Crippen molar-refractivity contribution in [2.45, 2.75) is 19.4 Å². The largest absolute Gasteiger partial charge is 0.489 e. The summed E-state index contributed by atoms with van der Waals surface area (Å²) in [7, 11) is 0. The molecule has 72 valence electrons. The number of nitrogens with zero attached hydrogens (tertiary/aromatic N) is 1. The standard InChI is InChI=1S/C9H12BrNO2/c1-2-8(12)6-13-9-3-7(10)4-11-5-9/h3-5,8,12H,2,6H2,1H3. The van der Waals surface area contributed by atoms with Crippen LogP contribution in [0.25, 0.3) is 0 Å². The molecule has 4 heteroatoms. The van der Waals surface area contributed by atoms with Crippen LogP contribution in [0.4, 0.5) is 0 Å². The molecule has 1 N–H and O–H groups in total. The highest BCUT2D eigenvalue weighted by atomic mass is 79.9. The van der Waals surface area contributed by atoms with Crippen LogP contribution in [0.1, 0.15) is 13.3 Å². The summed E-state index contributed by atoms with van der Waals surface area (Å²) in [5.41, 5.74) is 0. The molecule has 13 heavy (non-hydrogen) atoms. The van der Waals surface area contributed by atoms with Crippen molar-refractivity contribution in [3.63, 3.8) is 0 Å². The molecule has 0 saturated heterocycles. The van der Waals surface area contributed by atoms with Gasteiger partial charge in [0.05, 0.1) is 12.3 Å². The van der Waals surface area contributed by atoms with Crippen LogP contribution >= 0.6 is 15.9 Å². The number of aromatic nitrogens is 1. The van der Waals surface area contributed by atoms with Gasteiger partial charge in [0.25, 0.3) is 0 Å². The van der Waals surface area contributed by atoms with Crippen LogP contribution in [0.3, 0.4) is 0 Å². The number of rotatable bonds is 4. The van der Waals surface area contributed by atoms with E-state index in [2.05, 4.69) is 20.9 Å². The summed E-state index contributed by atoms with van der Waals surface area (Å²) < 4.78 is 6.17. The molecule has 0 bridgehead atoms. The van der Waals surface area contributed by atoms with E-state index in [1.165, 1.54) is 0 Å². The maximum Gasteiger partial charge on any atom is 0.138 e. The molecule has 0 saturated carbocycles. The summed E-state index contributed by atoms with van der Waals surface area (Å²) in [4.78, 5) is 3.93. The van der Waals surface area contributed by atoms with E-state index in [4.69, 9.17) is 4.74 Å². The van der Waals surface area contributed by atoms with Crippen LogP contribution < -0.4 is 4.74 Å². The predicted molar refractivity (Wildman–Crippen MR) is 53.7 cm³/mol. The van der Waals surface area contributed by atoms with Crippen molar-refractivity contribution < 1.29 is 9.84 Å². The molecule has 0 aliphatic carbocycles. The Morgan fingerprint density at radius 1 is 1.62 bits per heavy atom. The van der Waals surface area contributed by atoms with Gasteiger partial charge in [-0.2, -0.15) is 0 Å². The molecule has 0 aliphatic rings. The zero-order chi connectivity index (χ0) is 9.68. The van der Waals surface area contributed by atoms with Crippen molar-refractivity contribution in [3.8, 4) is 5.75 Å². The van der Waals surface area contributed by atoms with Gasteiger partial charge in [0.1, 0.15) is 12.4 Å². The van der Waals surface area contributed by atoms with Crippen molar-refractivity contribution in [3.05, 3.63) is 22.9 Å². The maximum absolute atomic E-state index is 9.23. The van der Waals surface area contributed by atoms with E-state index in [9.17, 15) is 5.11 Å². The molecule has 1 heterocycles. The van der Waals surface area contributed by atoms with Gasteiger partial charge in [-0.25, -0.2) is 0 Å². The first kappa shape index (κ1) is 10.5. The fourth-order valence-corrected chi connectivity index (χ4v) is 1.13. The van der Waals surface area contributed by atoms with E-state index in [0.29, 0.717) is 18.8 Å². The van der Waals surface area contributed by atoms with Gasteiger partial charge < -0.3 is 9.84 Å². The monoisotopic (exact) mass is 245 g/mol. The lowest BCUT2D eigenvalue weighted by Gasteiger charge is -2.09. The van der Waals surface area contributed by atoms with Crippen molar-refractivity contribution in [2.75, 3.05) is 6.61 Å². The van der Waals surface area contributed by atoms with Crippen molar-refractivity contribution in [1.29, 1.82) is 0 Å². The lowest BCUT2D eigenvalue weighted by Crippen LogP contribution is -2.15. The third kappa shape index (κ3) is 3.74. The molecule has 0 spiro atoms. The first-order chi connectivity index (χ1) is 6.22. The minimum absolute atomic E-state index is 0.314. The second kappa shape index (κ2) is 5.19. The second-order valence-electron chi connectivity index (χ2n) is 2.71. The number of aliphatic hydroxyl groups excluding tert-OH is 1. The number of ether oxygens (including phenoxy) is 1. The van der Waals surface area contributed by atoms with E-state index in [0.717, 1.165) is 4.47 Å². The summed E-state index contributed by atoms with van der Waals surface area (Å²) in [5.74, 6) is 0.668. The van der Waals surface area contributed by atoms with Crippen LogP contribution in [0.15, 0.2) is 22.9 Å². The van der Waals surface area contributed by atoms with Gasteiger partial charge in [0.15, 0.2) is 0 Å². The fraction of sp³-hybridized carbons (Fsp3) is 0.444. The molecule has 0 aliphatic heterocycles. The predicted octanol–water partition coefficient (Wildman–Crippen LogP) is 1.99. The number of pyridine rings is 1. The summed E-state index contributed by atoms with van der Waals surface area (Å²) >= 11 is 3.28. The molecule has 0 radical (unpaired) electrons. The molecule has 1 rings (SSSR count). The van der Waals surface area contributed by atoms with Gasteiger partial charge in [-0.1, -0.05) is 6.92 Å². The molecule has 1 aromatic rings. The summed E-state index contributed by atoms with van der Waals surface area (Å²) in [6.45, 7) is 2.22. The Bertz CT molecular complexity index is 268. The summed E-state index contributed by atoms with van der Waals surface area (Å²) in [6, 6.07) is 1.81. The molecule has 0 amide bonds. The minimum Gasteiger partial charge on any atom is -0.489 e. The second-order valence-corrected chi connectivity index (χ2v) is 3.63. The molecule has 1 aromatic heterocycles. The van der Waals surface area contributed by atoms with Gasteiger partial charge in [-0.05, 0) is 28.4 Å². The van der Waals surface area contributed by atoms with Gasteiger partial charge in [0, 0.05) is 10.7 Å². The lowest BCUT2D eigenvalue weighted by molar-refractivity contribution is 0.104. The van der Waals surface area contributed by atoms with E-state index in [1.807, 2.05) is 13.0 Å². The Morgan fingerprint density at radius 2 is 2.38 bits per heavy atom. The highest BCUT2D eigenvalue weighted by molar-refractivity contribution is 9.10. The van der Waals surface area contributed by atoms with Gasteiger partial charge >= 0.3 is 0 Å². The third-order valence-electron chi connectivity index (χ3n) is 1.59. The average Bonchev–Trinajstić information content (AvgIpc) is 2.14. The topological polar surface area (TPSA) is 42.4 Å². The van der Waals surface area contributed by atoms with Crippen molar-refractivity contribution in [1.82, 2.24) is 4.98 Å². The highest BCUT2D eigenvalue weighted by Crippen LogP contribution is 2.15. The van der Waals surface area contributed by atoms with Gasteiger partial charge in [-0.15, -0.1) is 0 Å². The number of halogens is 1. The molecular weight excluding hydrogens is 234 g/mol. The molecule has 0 fully saturated rings. The Hall–Kier alpha value is -0.610. The zero-order valence-corrected chi connectivity index (χ0v) is 8.99. The molecule has 1 atom stereocenters. The SMILES string of the molecule is CCC(O)COc1cncc(Br)c1. The van der Waals surface area contributed by atoms with Crippen LogP contribution in [-0.4, -0.2) is 22.8 Å². The van der Waals surface area contributed by atoms with E-state index < -0.39 is 6.10 Å². The highest BCUT2D eigenvalue weighted by Gasteiger charge is 2.01. The van der Waals surface area contributed by atoms with E-state index >= 15 is 0 Å². The Morgan fingerprint density at radius 3 is 3.00 bits per heavy atom. The molecule has 1 unspecified atom stereocenters. The molecule has 3 nitrogen and oxygen atoms in total. The summed E-state index contributed by atoms with van der Waals surface area (Å²) in [5, 5.41) is 9.23. The van der Waals surface area contributed by atoms with Gasteiger partial charge in [-0.3, -0.25) is 4.98 Å². The van der Waals surface area contributed by atoms with Crippen LogP contribution in [0.5, 0.6) is 5.75 Å². The minimum atomic E-state index is -0.404. The number of hydrogen-bond acceptors (Lipinski definition) is 3. The van der Waals surface area contributed by atoms with Crippen molar-refractivity contribution in [2.24, 2.45) is 0 Å². The molecule has 0 aromatic carbocycles. The number of aliphatic hydroxyl groups is 1. The number of hydrogen-bond donors (Lipinski definition) is 1. The third-order valence-corrected chi connectivity index (χ3v) is 2.03. The van der Waals surface area contributed by atoms with Crippen molar-refractivity contribution >= 4 is 15.9 Å². The Balaban J connectivity index is 2.45. The summed E-state index contributed by atoms with van der Waals surface area (Å²) in [6.07, 6.45) is 3.59. The quantitative estimate of drug-likeness (QED) is 0.883. The first-order valence-electron chi connectivity index (χ1n) is 4.13. The average molecular weight is 246 g/mol. The first-order valence-corrected chi connectivity index (χ1v) is 4.93. The Kier molecular flexibility index (Phi) is 4.18. The van der Waals surface area contributed by atoms with E-state index in [-0.39, 0.29) is 0 Å². The lowest BCUT2D eigenvalue weighted by atomic mass is 10.3. The molecular formula is C9H12BrNO2. The van der Waals surface area contributed by atoms with Crippen LogP contribution in [-0.2, 0) is 0 Å². The fourth-order valence-electron chi connectivity index (χ4n) is 0.782. The van der Waals surface area contributed by atoms with Crippen LogP contribution in [0, 0.1) is 0 Å². The van der Waals surface area contributed by atoms with E-state index in [1.54, 1.807) is 12.4 Å². The van der Waals surface area contributed by atoms with Gasteiger partial charge in [0.2, 0.25) is 0 Å². The zero-order valence-electron chi connectivity index (χ0n) is 7.40. The smallest absolute Gasteiger partial charge is 0.138 e. The normalized spacial score (nSPS) is 12.5. The van der Waals surface area contributed by atoms with Crippen LogP contribution in [0.2, 0.25) is 0 Å².